The predicted octanol–water partition coefficient (Wildman–Crippen LogP) is -1.40. The maximum absolute atomic E-state index is 11.3. The van der Waals surface area contributed by atoms with Crippen molar-refractivity contribution < 1.29 is 9.59 Å². The Labute approximate surface area is 77.3 Å². The molecule has 74 valence electrons. The van der Waals surface area contributed by atoms with E-state index in [1.807, 2.05) is 6.92 Å². The zero-order valence-corrected chi connectivity index (χ0v) is 7.72. The van der Waals surface area contributed by atoms with Gasteiger partial charge < -0.3 is 10.6 Å². The van der Waals surface area contributed by atoms with Gasteiger partial charge in [0.2, 0.25) is 11.8 Å². The summed E-state index contributed by atoms with van der Waals surface area (Å²) in [7, 11) is 0. The molecule has 0 aromatic heterocycles. The fourth-order valence-electron chi connectivity index (χ4n) is 1.12. The molecule has 0 spiro atoms. The number of rotatable bonds is 3. The van der Waals surface area contributed by atoms with Crippen LogP contribution in [0.1, 0.15) is 13.3 Å². The highest BCUT2D eigenvalue weighted by Crippen LogP contribution is 1.88. The highest BCUT2D eigenvalue weighted by Gasteiger charge is 2.22. The average Bonchev–Trinajstić information content (AvgIpc) is 2.15. The largest absolute Gasteiger partial charge is 0.355 e. The standard InChI is InChI=1S/C8H15N3O2/c1-2-3-9-8(13)6-4-11-7(12)5-10-6/h6,10H,2-5H2,1H3,(H,9,13)(H,11,12). The Balaban J connectivity index is 2.27. The lowest BCUT2D eigenvalue weighted by atomic mass is 10.2. The van der Waals surface area contributed by atoms with Crippen LogP contribution in [-0.2, 0) is 9.59 Å². The van der Waals surface area contributed by atoms with E-state index in [2.05, 4.69) is 16.0 Å². The first-order valence-electron chi connectivity index (χ1n) is 4.52. The van der Waals surface area contributed by atoms with Crippen molar-refractivity contribution in [2.75, 3.05) is 19.6 Å². The normalized spacial score (nSPS) is 22.2. The van der Waals surface area contributed by atoms with E-state index >= 15 is 0 Å². The molecular weight excluding hydrogens is 170 g/mol. The predicted molar refractivity (Wildman–Crippen MR) is 48.1 cm³/mol. The average molecular weight is 185 g/mol. The highest BCUT2D eigenvalue weighted by atomic mass is 16.2. The molecule has 0 aromatic rings. The van der Waals surface area contributed by atoms with Gasteiger partial charge in [-0.15, -0.1) is 0 Å². The van der Waals surface area contributed by atoms with E-state index in [4.69, 9.17) is 0 Å². The number of nitrogens with one attached hydrogen (secondary N) is 3. The first-order valence-corrected chi connectivity index (χ1v) is 4.52. The summed E-state index contributed by atoms with van der Waals surface area (Å²) < 4.78 is 0. The number of piperazine rings is 1. The molecule has 2 amide bonds. The van der Waals surface area contributed by atoms with Gasteiger partial charge in [-0.2, -0.15) is 0 Å². The molecule has 0 saturated carbocycles. The van der Waals surface area contributed by atoms with Crippen LogP contribution in [0.5, 0.6) is 0 Å². The lowest BCUT2D eigenvalue weighted by Gasteiger charge is -2.22. The minimum absolute atomic E-state index is 0.0400. The number of carbonyl (C=O) groups excluding carboxylic acids is 2. The highest BCUT2D eigenvalue weighted by molar-refractivity contribution is 5.86. The summed E-state index contributed by atoms with van der Waals surface area (Å²) in [6.45, 7) is 3.29. The zero-order chi connectivity index (χ0) is 9.68. The van der Waals surface area contributed by atoms with Crippen molar-refractivity contribution in [2.45, 2.75) is 19.4 Å². The van der Waals surface area contributed by atoms with Crippen molar-refractivity contribution in [3.8, 4) is 0 Å². The second-order valence-corrected chi connectivity index (χ2v) is 3.03. The molecule has 0 aromatic carbocycles. The molecule has 1 fully saturated rings. The van der Waals surface area contributed by atoms with Crippen molar-refractivity contribution >= 4 is 11.8 Å². The van der Waals surface area contributed by atoms with Gasteiger partial charge in [0.05, 0.1) is 6.54 Å². The topological polar surface area (TPSA) is 70.2 Å². The van der Waals surface area contributed by atoms with Gasteiger partial charge in [0.1, 0.15) is 6.04 Å². The number of hydrogen-bond donors (Lipinski definition) is 3. The molecule has 0 radical (unpaired) electrons. The van der Waals surface area contributed by atoms with E-state index in [1.54, 1.807) is 0 Å². The summed E-state index contributed by atoms with van der Waals surface area (Å²) in [5.74, 6) is -0.0959. The minimum atomic E-state index is -0.274. The van der Waals surface area contributed by atoms with Gasteiger partial charge >= 0.3 is 0 Å². The van der Waals surface area contributed by atoms with Gasteiger partial charge in [-0.05, 0) is 6.42 Å². The molecule has 1 rings (SSSR count). The monoisotopic (exact) mass is 185 g/mol. The third-order valence-electron chi connectivity index (χ3n) is 1.88. The molecule has 0 aliphatic carbocycles. The number of amides is 2. The van der Waals surface area contributed by atoms with Crippen molar-refractivity contribution in [2.24, 2.45) is 0 Å². The smallest absolute Gasteiger partial charge is 0.238 e. The molecule has 1 aliphatic heterocycles. The molecule has 1 heterocycles. The van der Waals surface area contributed by atoms with Crippen LogP contribution in [0.4, 0.5) is 0 Å². The lowest BCUT2D eigenvalue weighted by molar-refractivity contribution is -0.126. The van der Waals surface area contributed by atoms with E-state index in [9.17, 15) is 9.59 Å². The van der Waals surface area contributed by atoms with Crippen LogP contribution in [0.15, 0.2) is 0 Å². The van der Waals surface area contributed by atoms with Crippen LogP contribution in [0.3, 0.4) is 0 Å². The quantitative estimate of drug-likeness (QED) is 0.506. The van der Waals surface area contributed by atoms with Crippen LogP contribution >= 0.6 is 0 Å². The Bertz CT molecular complexity index is 196. The lowest BCUT2D eigenvalue weighted by Crippen LogP contribution is -2.58. The molecular formula is C8H15N3O2. The fraction of sp³-hybridized carbons (Fsp3) is 0.750. The van der Waals surface area contributed by atoms with Crippen molar-refractivity contribution in [1.82, 2.24) is 16.0 Å². The second-order valence-electron chi connectivity index (χ2n) is 3.03. The molecule has 1 aliphatic rings. The van der Waals surface area contributed by atoms with E-state index in [0.29, 0.717) is 13.1 Å². The molecule has 1 unspecified atom stereocenters. The van der Waals surface area contributed by atoms with E-state index in [-0.39, 0.29) is 24.4 Å². The molecule has 13 heavy (non-hydrogen) atoms. The summed E-state index contributed by atoms with van der Waals surface area (Å²) in [4.78, 5) is 22.1. The number of hydrogen-bond acceptors (Lipinski definition) is 3. The third kappa shape index (κ3) is 3.02. The van der Waals surface area contributed by atoms with Gasteiger partial charge in [-0.3, -0.25) is 14.9 Å². The van der Waals surface area contributed by atoms with E-state index < -0.39 is 0 Å². The minimum Gasteiger partial charge on any atom is -0.355 e. The van der Waals surface area contributed by atoms with Crippen molar-refractivity contribution in [1.29, 1.82) is 0 Å². The molecule has 1 atom stereocenters. The Morgan fingerprint density at radius 3 is 3.00 bits per heavy atom. The van der Waals surface area contributed by atoms with Crippen LogP contribution in [0.25, 0.3) is 0 Å². The van der Waals surface area contributed by atoms with Crippen molar-refractivity contribution in [3.63, 3.8) is 0 Å². The summed E-state index contributed by atoms with van der Waals surface area (Å²) in [6.07, 6.45) is 0.921. The van der Waals surface area contributed by atoms with E-state index in [1.165, 1.54) is 0 Å². The fourth-order valence-corrected chi connectivity index (χ4v) is 1.12. The van der Waals surface area contributed by atoms with Gasteiger partial charge in [0, 0.05) is 13.1 Å². The van der Waals surface area contributed by atoms with Crippen molar-refractivity contribution in [3.05, 3.63) is 0 Å². The maximum atomic E-state index is 11.3. The summed E-state index contributed by atoms with van der Waals surface area (Å²) in [5, 5.41) is 8.24. The molecule has 0 bridgehead atoms. The van der Waals surface area contributed by atoms with Crippen LogP contribution in [-0.4, -0.2) is 37.5 Å². The molecule has 5 nitrogen and oxygen atoms in total. The Morgan fingerprint density at radius 2 is 2.46 bits per heavy atom. The molecule has 5 heteroatoms. The summed E-state index contributed by atoms with van der Waals surface area (Å²) >= 11 is 0. The number of carbonyl (C=O) groups is 2. The Morgan fingerprint density at radius 1 is 1.69 bits per heavy atom. The van der Waals surface area contributed by atoms with Crippen LogP contribution in [0.2, 0.25) is 0 Å². The Hall–Kier alpha value is -1.10. The third-order valence-corrected chi connectivity index (χ3v) is 1.88. The molecule has 1 saturated heterocycles. The van der Waals surface area contributed by atoms with Gasteiger partial charge in [0.25, 0.3) is 0 Å². The van der Waals surface area contributed by atoms with Gasteiger partial charge in [0.15, 0.2) is 0 Å². The van der Waals surface area contributed by atoms with Crippen LogP contribution < -0.4 is 16.0 Å². The zero-order valence-electron chi connectivity index (χ0n) is 7.72. The van der Waals surface area contributed by atoms with Gasteiger partial charge in [-0.25, -0.2) is 0 Å². The van der Waals surface area contributed by atoms with Crippen LogP contribution in [0, 0.1) is 0 Å². The van der Waals surface area contributed by atoms with E-state index in [0.717, 1.165) is 6.42 Å². The maximum Gasteiger partial charge on any atom is 0.238 e. The SMILES string of the molecule is CCCNC(=O)C1CNC(=O)CN1. The Kier molecular flexibility index (Phi) is 3.70. The first kappa shape index (κ1) is 9.98. The second kappa shape index (κ2) is 4.81. The first-order chi connectivity index (χ1) is 6.24. The molecule has 3 N–H and O–H groups in total. The summed E-state index contributed by atoms with van der Waals surface area (Å²) in [6, 6.07) is -0.274. The summed E-state index contributed by atoms with van der Waals surface area (Å²) in [5.41, 5.74) is 0. The van der Waals surface area contributed by atoms with Gasteiger partial charge in [-0.1, -0.05) is 6.92 Å².